The Kier molecular flexibility index (Phi) is 2.36. The van der Waals surface area contributed by atoms with Gasteiger partial charge in [0.1, 0.15) is 5.54 Å². The van der Waals surface area contributed by atoms with Crippen molar-refractivity contribution in [3.8, 4) is 6.07 Å². The number of rotatable bonds is 1. The molecule has 86 valence electrons. The summed E-state index contributed by atoms with van der Waals surface area (Å²) in [5.41, 5.74) is -0.0790. The van der Waals surface area contributed by atoms with Crippen LogP contribution in [0.2, 0.25) is 0 Å². The zero-order chi connectivity index (χ0) is 12.6. The minimum absolute atomic E-state index is 0.322. The van der Waals surface area contributed by atoms with Crippen molar-refractivity contribution in [2.75, 3.05) is 4.90 Å². The lowest BCUT2D eigenvalue weighted by Crippen LogP contribution is -2.40. The number of hydrogen-bond donors (Lipinski definition) is 1. The molecule has 0 radical (unpaired) electrons. The summed E-state index contributed by atoms with van der Waals surface area (Å²) in [5, 5.41) is 11.4. The molecule has 0 aliphatic carbocycles. The van der Waals surface area contributed by atoms with Gasteiger partial charge in [-0.1, -0.05) is 6.07 Å². The number of urea groups is 1. The lowest BCUT2D eigenvalue weighted by Gasteiger charge is -2.15. The maximum Gasteiger partial charge on any atom is 0.329 e. The van der Waals surface area contributed by atoms with E-state index in [1.54, 1.807) is 32.0 Å². The minimum Gasteiger partial charge on any atom is -0.323 e. The van der Waals surface area contributed by atoms with Gasteiger partial charge < -0.3 is 5.32 Å². The molecular weight excluding hydrogens is 218 g/mol. The Morgan fingerprint density at radius 2 is 2.06 bits per heavy atom. The summed E-state index contributed by atoms with van der Waals surface area (Å²) in [7, 11) is 0. The van der Waals surface area contributed by atoms with Crippen LogP contribution in [-0.2, 0) is 4.79 Å². The van der Waals surface area contributed by atoms with Crippen molar-refractivity contribution in [2.45, 2.75) is 19.4 Å². The zero-order valence-corrected chi connectivity index (χ0v) is 9.52. The van der Waals surface area contributed by atoms with Gasteiger partial charge in [0.15, 0.2) is 0 Å². The van der Waals surface area contributed by atoms with Crippen LogP contribution in [0.15, 0.2) is 24.3 Å². The predicted octanol–water partition coefficient (Wildman–Crippen LogP) is 1.39. The normalized spacial score (nSPS) is 17.8. The molecule has 5 heteroatoms. The van der Waals surface area contributed by atoms with E-state index in [2.05, 4.69) is 5.32 Å². The van der Waals surface area contributed by atoms with Gasteiger partial charge in [-0.05, 0) is 32.0 Å². The summed E-state index contributed by atoms with van der Waals surface area (Å²) in [6.45, 7) is 3.28. The number of hydrogen-bond acceptors (Lipinski definition) is 3. The quantitative estimate of drug-likeness (QED) is 0.739. The molecule has 2 rings (SSSR count). The summed E-state index contributed by atoms with van der Waals surface area (Å²) in [6, 6.07) is 7.90. The van der Waals surface area contributed by atoms with Crippen LogP contribution >= 0.6 is 0 Å². The minimum atomic E-state index is -0.903. The zero-order valence-electron chi connectivity index (χ0n) is 9.52. The van der Waals surface area contributed by atoms with Crippen molar-refractivity contribution in [1.82, 2.24) is 5.32 Å². The summed E-state index contributed by atoms with van der Waals surface area (Å²) < 4.78 is 0. The Morgan fingerprint density at radius 3 is 2.59 bits per heavy atom. The molecule has 1 heterocycles. The number of nitriles is 1. The molecule has 1 N–H and O–H groups in total. The smallest absolute Gasteiger partial charge is 0.323 e. The maximum absolute atomic E-state index is 12.0. The molecule has 0 saturated carbocycles. The Hall–Kier alpha value is -2.35. The first-order chi connectivity index (χ1) is 7.95. The Labute approximate surface area is 98.6 Å². The lowest BCUT2D eigenvalue weighted by molar-refractivity contribution is -0.120. The van der Waals surface area contributed by atoms with Crippen LogP contribution < -0.4 is 10.2 Å². The second kappa shape index (κ2) is 3.59. The van der Waals surface area contributed by atoms with Crippen LogP contribution in [0.4, 0.5) is 10.5 Å². The third-order valence-corrected chi connectivity index (χ3v) is 2.59. The van der Waals surface area contributed by atoms with Crippen molar-refractivity contribution in [1.29, 1.82) is 5.26 Å². The highest BCUT2D eigenvalue weighted by molar-refractivity contribution is 6.23. The predicted molar refractivity (Wildman–Crippen MR) is 61.3 cm³/mol. The van der Waals surface area contributed by atoms with E-state index in [0.29, 0.717) is 11.3 Å². The SMILES string of the molecule is CC1(C)NC(=O)N(c2cccc(C#N)c2)C1=O. The Bertz CT molecular complexity index is 543. The van der Waals surface area contributed by atoms with Gasteiger partial charge in [0.25, 0.3) is 5.91 Å². The van der Waals surface area contributed by atoms with E-state index < -0.39 is 11.6 Å². The number of carbonyl (C=O) groups excluding carboxylic acids is 2. The highest BCUT2D eigenvalue weighted by Gasteiger charge is 2.45. The number of anilines is 1. The number of nitrogens with one attached hydrogen (secondary N) is 1. The fourth-order valence-electron chi connectivity index (χ4n) is 1.70. The van der Waals surface area contributed by atoms with Crippen LogP contribution in [0.5, 0.6) is 0 Å². The van der Waals surface area contributed by atoms with Gasteiger partial charge >= 0.3 is 6.03 Å². The largest absolute Gasteiger partial charge is 0.329 e. The van der Waals surface area contributed by atoms with E-state index in [0.717, 1.165) is 4.90 Å². The number of amides is 3. The van der Waals surface area contributed by atoms with Gasteiger partial charge in [0.2, 0.25) is 0 Å². The third kappa shape index (κ3) is 1.74. The van der Waals surface area contributed by atoms with Crippen LogP contribution in [-0.4, -0.2) is 17.5 Å². The second-order valence-electron chi connectivity index (χ2n) is 4.36. The highest BCUT2D eigenvalue weighted by Crippen LogP contribution is 2.24. The van der Waals surface area contributed by atoms with E-state index >= 15 is 0 Å². The van der Waals surface area contributed by atoms with Gasteiger partial charge in [-0.2, -0.15) is 5.26 Å². The molecule has 1 aliphatic heterocycles. The molecule has 1 saturated heterocycles. The highest BCUT2D eigenvalue weighted by atomic mass is 16.2. The van der Waals surface area contributed by atoms with Crippen molar-refractivity contribution in [3.05, 3.63) is 29.8 Å². The van der Waals surface area contributed by atoms with Crippen LogP contribution in [0.25, 0.3) is 0 Å². The van der Waals surface area contributed by atoms with E-state index in [-0.39, 0.29) is 5.91 Å². The maximum atomic E-state index is 12.0. The molecule has 0 spiro atoms. The van der Waals surface area contributed by atoms with Crippen LogP contribution in [0.1, 0.15) is 19.4 Å². The molecule has 17 heavy (non-hydrogen) atoms. The standard InChI is InChI=1S/C12H11N3O2/c1-12(2)10(16)15(11(17)14-12)9-5-3-4-8(6-9)7-13/h3-6H,1-2H3,(H,14,17). The number of benzene rings is 1. The topological polar surface area (TPSA) is 73.2 Å². The molecule has 0 bridgehead atoms. The molecule has 1 fully saturated rings. The average Bonchev–Trinajstić information content (AvgIpc) is 2.48. The molecular formula is C12H11N3O2. The van der Waals surface area contributed by atoms with Gasteiger partial charge in [-0.3, -0.25) is 4.79 Å². The van der Waals surface area contributed by atoms with Crippen molar-refractivity contribution < 1.29 is 9.59 Å². The van der Waals surface area contributed by atoms with Gasteiger partial charge in [0.05, 0.1) is 17.3 Å². The fraction of sp³-hybridized carbons (Fsp3) is 0.250. The molecule has 0 aromatic heterocycles. The van der Waals surface area contributed by atoms with Crippen LogP contribution in [0.3, 0.4) is 0 Å². The molecule has 3 amide bonds. The Balaban J connectivity index is 2.44. The van der Waals surface area contributed by atoms with E-state index in [9.17, 15) is 9.59 Å². The van der Waals surface area contributed by atoms with Crippen LogP contribution in [0, 0.1) is 11.3 Å². The van der Waals surface area contributed by atoms with Gasteiger partial charge in [0, 0.05) is 0 Å². The van der Waals surface area contributed by atoms with Crippen molar-refractivity contribution in [2.24, 2.45) is 0 Å². The number of imide groups is 1. The van der Waals surface area contributed by atoms with Gasteiger partial charge in [-0.25, -0.2) is 9.69 Å². The molecule has 0 atom stereocenters. The summed E-state index contributed by atoms with van der Waals surface area (Å²) in [4.78, 5) is 24.8. The second-order valence-corrected chi connectivity index (χ2v) is 4.36. The average molecular weight is 229 g/mol. The third-order valence-electron chi connectivity index (χ3n) is 2.59. The first kappa shape index (κ1) is 11.1. The van der Waals surface area contributed by atoms with Crippen molar-refractivity contribution in [3.63, 3.8) is 0 Å². The molecule has 1 aromatic rings. The van der Waals surface area contributed by atoms with E-state index in [1.165, 1.54) is 6.07 Å². The summed E-state index contributed by atoms with van der Waals surface area (Å²) in [6.07, 6.45) is 0. The van der Waals surface area contributed by atoms with Gasteiger partial charge in [-0.15, -0.1) is 0 Å². The number of carbonyl (C=O) groups is 2. The molecule has 1 aliphatic rings. The lowest BCUT2D eigenvalue weighted by atomic mass is 10.1. The number of nitrogens with zero attached hydrogens (tertiary/aromatic N) is 2. The first-order valence-corrected chi connectivity index (χ1v) is 5.12. The molecule has 1 aromatic carbocycles. The summed E-state index contributed by atoms with van der Waals surface area (Å²) in [5.74, 6) is -0.322. The fourth-order valence-corrected chi connectivity index (χ4v) is 1.70. The summed E-state index contributed by atoms with van der Waals surface area (Å²) >= 11 is 0. The monoisotopic (exact) mass is 229 g/mol. The van der Waals surface area contributed by atoms with Crippen molar-refractivity contribution >= 4 is 17.6 Å². The van der Waals surface area contributed by atoms with E-state index in [4.69, 9.17) is 5.26 Å². The molecule has 0 unspecified atom stereocenters. The van der Waals surface area contributed by atoms with E-state index in [1.807, 2.05) is 6.07 Å². The molecule has 5 nitrogen and oxygen atoms in total. The Morgan fingerprint density at radius 1 is 1.35 bits per heavy atom. The first-order valence-electron chi connectivity index (χ1n) is 5.12.